The molecule has 6 nitrogen and oxygen atoms in total. The number of aliphatic hydroxyl groups excluding tert-OH is 1. The van der Waals surface area contributed by atoms with Crippen LogP contribution in [0.15, 0.2) is 42.2 Å². The Kier molecular flexibility index (Phi) is 10.0. The maximum atomic E-state index is 13.3. The molecule has 1 aromatic carbocycles. The number of carbonyl (C=O) groups is 2. The fraction of sp³-hybridized carbons (Fsp3) is 0.667. The second-order valence-electron chi connectivity index (χ2n) is 12.2. The van der Waals surface area contributed by atoms with Gasteiger partial charge in [0.05, 0.1) is 25.6 Å². The monoisotopic (exact) mass is 530 g/mol. The van der Waals surface area contributed by atoms with Crippen LogP contribution in [0.1, 0.15) is 65.7 Å². The molecule has 0 aliphatic heterocycles. The van der Waals surface area contributed by atoms with E-state index in [1.54, 1.807) is 0 Å². The number of allylic oxidation sites excluding steroid dienone is 1. The molecule has 0 aromatic heterocycles. The molecule has 0 saturated heterocycles. The number of Topliss-reactive ketones (excluding diaryl/α,β-unsaturated/α-hetero) is 1. The molecule has 7 heteroatoms. The number of ether oxygens (including phenoxy) is 2. The number of hydrogen-bond acceptors (Lipinski definition) is 6. The highest BCUT2D eigenvalue weighted by molar-refractivity contribution is 6.74. The molecule has 1 aromatic rings. The highest BCUT2D eigenvalue weighted by Crippen LogP contribution is 2.53. The minimum Gasteiger partial charge on any atom is -0.547 e. The first-order valence-corrected chi connectivity index (χ1v) is 16.7. The SMILES string of the molecule is COC(=O)CCCC(O)[C@@H]1CC2C(CC[C@@H]2C(=CCCOc2ccccc2)O[Si](C)(C)C(C)(C)C)C1=O. The topological polar surface area (TPSA) is 82.1 Å². The second kappa shape index (κ2) is 12.6. The largest absolute Gasteiger partial charge is 0.547 e. The lowest BCUT2D eigenvalue weighted by molar-refractivity contribution is -0.140. The summed E-state index contributed by atoms with van der Waals surface area (Å²) in [5.41, 5.74) is 0. The zero-order valence-corrected chi connectivity index (χ0v) is 24.5. The molecule has 3 unspecified atom stereocenters. The van der Waals surface area contributed by atoms with Crippen LogP contribution in [-0.2, 0) is 18.8 Å². The Bertz CT molecular complexity index is 935. The van der Waals surface area contributed by atoms with E-state index in [0.29, 0.717) is 25.9 Å². The summed E-state index contributed by atoms with van der Waals surface area (Å²) in [5.74, 6) is 1.79. The van der Waals surface area contributed by atoms with Crippen molar-refractivity contribution < 1.29 is 28.6 Å². The first kappa shape index (κ1) is 29.4. The second-order valence-corrected chi connectivity index (χ2v) is 16.9. The van der Waals surface area contributed by atoms with Gasteiger partial charge in [-0.25, -0.2) is 0 Å². The van der Waals surface area contributed by atoms with Crippen LogP contribution in [0.4, 0.5) is 0 Å². The number of esters is 1. The Balaban J connectivity index is 1.71. The van der Waals surface area contributed by atoms with Crippen LogP contribution >= 0.6 is 0 Å². The number of fused-ring (bicyclic) bond motifs is 1. The van der Waals surface area contributed by atoms with Gasteiger partial charge >= 0.3 is 5.97 Å². The van der Waals surface area contributed by atoms with Crippen LogP contribution in [0.25, 0.3) is 0 Å². The van der Waals surface area contributed by atoms with Gasteiger partial charge in [0.25, 0.3) is 0 Å². The molecule has 5 atom stereocenters. The number of aliphatic hydroxyl groups is 1. The molecule has 3 rings (SSSR count). The number of carbonyl (C=O) groups excluding carboxylic acids is 2. The minimum absolute atomic E-state index is 0.0164. The standard InChI is InChI=1S/C30H46O6Si/c1-30(2,3)37(5,6)36-27(15-11-19-35-21-12-8-7-9-13-21)22-17-18-23-24(22)20-25(29(23)33)26(31)14-10-16-28(32)34-4/h7-9,12-13,15,22-26,31H,10-11,14,16-20H2,1-6H3/t22-,23?,24?,25-,26?/m0/s1. The van der Waals surface area contributed by atoms with E-state index in [4.69, 9.17) is 13.9 Å². The summed E-state index contributed by atoms with van der Waals surface area (Å²) < 4.78 is 17.5. The van der Waals surface area contributed by atoms with E-state index >= 15 is 0 Å². The molecule has 206 valence electrons. The van der Waals surface area contributed by atoms with Crippen LogP contribution in [0.3, 0.4) is 0 Å². The molecule has 37 heavy (non-hydrogen) atoms. The molecule has 2 fully saturated rings. The van der Waals surface area contributed by atoms with Gasteiger partial charge in [-0.15, -0.1) is 0 Å². The molecular formula is C30H46O6Si. The van der Waals surface area contributed by atoms with Gasteiger partial charge in [-0.2, -0.15) is 0 Å². The van der Waals surface area contributed by atoms with Crippen molar-refractivity contribution in [2.75, 3.05) is 13.7 Å². The maximum Gasteiger partial charge on any atom is 0.305 e. The van der Waals surface area contributed by atoms with Gasteiger partial charge in [-0.1, -0.05) is 39.0 Å². The lowest BCUT2D eigenvalue weighted by Gasteiger charge is -2.39. The summed E-state index contributed by atoms with van der Waals surface area (Å²) in [6.45, 7) is 11.8. The van der Waals surface area contributed by atoms with E-state index in [9.17, 15) is 14.7 Å². The van der Waals surface area contributed by atoms with E-state index in [1.807, 2.05) is 30.3 Å². The zero-order chi connectivity index (χ0) is 27.2. The van der Waals surface area contributed by atoms with Gasteiger partial charge in [-0.05, 0) is 74.4 Å². The van der Waals surface area contributed by atoms with E-state index in [-0.39, 0.29) is 46.9 Å². The molecule has 0 heterocycles. The van der Waals surface area contributed by atoms with Gasteiger partial charge in [0, 0.05) is 30.6 Å². The smallest absolute Gasteiger partial charge is 0.305 e. The van der Waals surface area contributed by atoms with Crippen LogP contribution in [-0.4, -0.2) is 45.0 Å². The molecule has 0 radical (unpaired) electrons. The van der Waals surface area contributed by atoms with Crippen molar-refractivity contribution in [2.24, 2.45) is 23.7 Å². The summed E-state index contributed by atoms with van der Waals surface area (Å²) in [6.07, 6.45) is 5.92. The third-order valence-electron chi connectivity index (χ3n) is 8.67. The van der Waals surface area contributed by atoms with Crippen molar-refractivity contribution in [3.8, 4) is 5.75 Å². The van der Waals surface area contributed by atoms with Crippen molar-refractivity contribution in [1.29, 1.82) is 0 Å². The molecule has 2 aliphatic rings. The van der Waals surface area contributed by atoms with Crippen LogP contribution < -0.4 is 4.74 Å². The normalized spacial score (nSPS) is 25.1. The third kappa shape index (κ3) is 7.47. The Labute approximate surface area is 223 Å². The summed E-state index contributed by atoms with van der Waals surface area (Å²) in [4.78, 5) is 24.7. The van der Waals surface area contributed by atoms with Crippen LogP contribution in [0.5, 0.6) is 5.75 Å². The molecule has 0 bridgehead atoms. The number of para-hydroxylation sites is 1. The van der Waals surface area contributed by atoms with E-state index in [1.165, 1.54) is 7.11 Å². The summed E-state index contributed by atoms with van der Waals surface area (Å²) in [7, 11) is -0.712. The van der Waals surface area contributed by atoms with Gasteiger partial charge < -0.3 is 19.0 Å². The van der Waals surface area contributed by atoms with Crippen molar-refractivity contribution in [3.05, 3.63) is 42.2 Å². The fourth-order valence-corrected chi connectivity index (χ4v) is 6.63. The molecule has 0 amide bonds. The summed E-state index contributed by atoms with van der Waals surface area (Å²) >= 11 is 0. The minimum atomic E-state index is -2.08. The third-order valence-corrected chi connectivity index (χ3v) is 13.0. The number of methoxy groups -OCH3 is 1. The van der Waals surface area contributed by atoms with E-state index < -0.39 is 14.4 Å². The Morgan fingerprint density at radius 2 is 1.89 bits per heavy atom. The molecule has 0 spiro atoms. The van der Waals surface area contributed by atoms with Crippen LogP contribution in [0.2, 0.25) is 18.1 Å². The summed E-state index contributed by atoms with van der Waals surface area (Å²) in [5, 5.41) is 10.9. The predicted octanol–water partition coefficient (Wildman–Crippen LogP) is 6.30. The van der Waals surface area contributed by atoms with E-state index in [0.717, 1.165) is 30.8 Å². The maximum absolute atomic E-state index is 13.3. The lowest BCUT2D eigenvalue weighted by atomic mass is 9.88. The average molecular weight is 531 g/mol. The molecule has 1 N–H and O–H groups in total. The predicted molar refractivity (Wildman–Crippen MR) is 148 cm³/mol. The highest BCUT2D eigenvalue weighted by atomic mass is 28.4. The highest BCUT2D eigenvalue weighted by Gasteiger charge is 2.53. The Morgan fingerprint density at radius 1 is 1.19 bits per heavy atom. The van der Waals surface area contributed by atoms with Crippen molar-refractivity contribution in [3.63, 3.8) is 0 Å². The number of ketones is 1. The first-order chi connectivity index (χ1) is 17.4. The molecule has 2 aliphatic carbocycles. The fourth-order valence-electron chi connectivity index (χ4n) is 5.50. The average Bonchev–Trinajstić information content (AvgIpc) is 3.41. The van der Waals surface area contributed by atoms with Gasteiger partial charge in [0.2, 0.25) is 8.32 Å². The van der Waals surface area contributed by atoms with Crippen LogP contribution in [0, 0.1) is 23.7 Å². The molecule has 2 saturated carbocycles. The van der Waals surface area contributed by atoms with E-state index in [2.05, 4.69) is 39.9 Å². The lowest BCUT2D eigenvalue weighted by Crippen LogP contribution is -2.41. The summed E-state index contributed by atoms with van der Waals surface area (Å²) in [6, 6.07) is 9.82. The van der Waals surface area contributed by atoms with Crippen molar-refractivity contribution >= 4 is 20.1 Å². The van der Waals surface area contributed by atoms with Crippen molar-refractivity contribution in [2.45, 2.75) is 90.0 Å². The number of benzene rings is 1. The quantitative estimate of drug-likeness (QED) is 0.148. The van der Waals surface area contributed by atoms with Crippen molar-refractivity contribution in [1.82, 2.24) is 0 Å². The first-order valence-electron chi connectivity index (χ1n) is 13.8. The Hall–Kier alpha value is -2.12. The van der Waals surface area contributed by atoms with Gasteiger partial charge in [-0.3, -0.25) is 9.59 Å². The number of hydrogen-bond donors (Lipinski definition) is 1. The Morgan fingerprint density at radius 3 is 2.54 bits per heavy atom. The van der Waals surface area contributed by atoms with Gasteiger partial charge in [0.15, 0.2) is 0 Å². The number of rotatable bonds is 12. The zero-order valence-electron chi connectivity index (χ0n) is 23.5. The molecular weight excluding hydrogens is 484 g/mol. The van der Waals surface area contributed by atoms with Gasteiger partial charge in [0.1, 0.15) is 11.5 Å².